The molecule has 1 N–H and O–H groups in total. The van der Waals surface area contributed by atoms with Crippen LogP contribution >= 0.6 is 0 Å². The first-order valence-corrected chi connectivity index (χ1v) is 8.18. The fraction of sp³-hybridized carbons (Fsp3) is 0.444. The number of hydrogen-bond acceptors (Lipinski definition) is 2. The van der Waals surface area contributed by atoms with E-state index in [1.807, 2.05) is 17.8 Å². The first-order chi connectivity index (χ1) is 11.1. The Balaban J connectivity index is 1.84. The highest BCUT2D eigenvalue weighted by atomic mass is 19.1. The predicted octanol–water partition coefficient (Wildman–Crippen LogP) is 3.35. The number of amides is 1. The SMILES string of the molecule is Cn1ccnc1[C@H](NC(=O)C1CCCCC1)c1ccc(F)cc1. The van der Waals surface area contributed by atoms with Crippen LogP contribution < -0.4 is 5.32 Å². The largest absolute Gasteiger partial charge is 0.342 e. The third-order valence-electron chi connectivity index (χ3n) is 4.58. The lowest BCUT2D eigenvalue weighted by Crippen LogP contribution is -2.36. The minimum absolute atomic E-state index is 0.0713. The van der Waals surface area contributed by atoms with E-state index in [4.69, 9.17) is 0 Å². The van der Waals surface area contributed by atoms with Gasteiger partial charge in [0.25, 0.3) is 0 Å². The van der Waals surface area contributed by atoms with E-state index < -0.39 is 0 Å². The molecule has 1 saturated carbocycles. The molecule has 2 aromatic rings. The number of benzene rings is 1. The molecule has 1 aliphatic carbocycles. The average Bonchev–Trinajstić information content (AvgIpc) is 3.00. The molecule has 0 unspecified atom stereocenters. The second-order valence-electron chi connectivity index (χ2n) is 6.22. The van der Waals surface area contributed by atoms with Crippen molar-refractivity contribution in [2.24, 2.45) is 13.0 Å². The van der Waals surface area contributed by atoms with Crippen molar-refractivity contribution >= 4 is 5.91 Å². The maximum absolute atomic E-state index is 13.2. The van der Waals surface area contributed by atoms with Crippen molar-refractivity contribution in [2.75, 3.05) is 0 Å². The van der Waals surface area contributed by atoms with Crippen LogP contribution in [-0.4, -0.2) is 15.5 Å². The van der Waals surface area contributed by atoms with E-state index in [9.17, 15) is 9.18 Å². The van der Waals surface area contributed by atoms with Gasteiger partial charge in [-0.15, -0.1) is 0 Å². The number of carbonyl (C=O) groups is 1. The third-order valence-corrected chi connectivity index (χ3v) is 4.58. The third kappa shape index (κ3) is 3.60. The van der Waals surface area contributed by atoms with E-state index in [0.29, 0.717) is 0 Å². The zero-order valence-corrected chi connectivity index (χ0v) is 13.3. The normalized spacial score (nSPS) is 17.0. The van der Waals surface area contributed by atoms with Gasteiger partial charge in [0.15, 0.2) is 0 Å². The standard InChI is InChI=1S/C18H22FN3O/c1-22-12-11-20-17(22)16(13-7-9-15(19)10-8-13)21-18(23)14-5-3-2-4-6-14/h7-12,14,16H,2-6H2,1H3,(H,21,23)/t16-/m1/s1. The number of carbonyl (C=O) groups excluding carboxylic acids is 1. The molecule has 3 rings (SSSR count). The van der Waals surface area contributed by atoms with Crippen LogP contribution in [0.5, 0.6) is 0 Å². The summed E-state index contributed by atoms with van der Waals surface area (Å²) >= 11 is 0. The van der Waals surface area contributed by atoms with Crippen molar-refractivity contribution in [3.05, 3.63) is 53.9 Å². The summed E-state index contributed by atoms with van der Waals surface area (Å²) in [5.74, 6) is 0.612. The van der Waals surface area contributed by atoms with Gasteiger partial charge in [-0.05, 0) is 30.5 Å². The van der Waals surface area contributed by atoms with E-state index in [-0.39, 0.29) is 23.7 Å². The summed E-state index contributed by atoms with van der Waals surface area (Å²) in [4.78, 5) is 17.0. The van der Waals surface area contributed by atoms with E-state index >= 15 is 0 Å². The minimum Gasteiger partial charge on any atom is -0.342 e. The Labute approximate surface area is 135 Å². The van der Waals surface area contributed by atoms with Crippen LogP contribution in [0.25, 0.3) is 0 Å². The molecule has 1 heterocycles. The van der Waals surface area contributed by atoms with Crippen molar-refractivity contribution in [1.29, 1.82) is 0 Å². The Bertz CT molecular complexity index is 659. The van der Waals surface area contributed by atoms with Gasteiger partial charge >= 0.3 is 0 Å². The van der Waals surface area contributed by atoms with Crippen LogP contribution in [0.3, 0.4) is 0 Å². The number of rotatable bonds is 4. The maximum Gasteiger partial charge on any atom is 0.223 e. The fourth-order valence-corrected chi connectivity index (χ4v) is 3.23. The molecular weight excluding hydrogens is 293 g/mol. The number of halogens is 1. The van der Waals surface area contributed by atoms with Gasteiger partial charge in [0.2, 0.25) is 5.91 Å². The van der Waals surface area contributed by atoms with Gasteiger partial charge in [0, 0.05) is 25.4 Å². The number of aromatic nitrogens is 2. The van der Waals surface area contributed by atoms with E-state index in [1.54, 1.807) is 18.3 Å². The van der Waals surface area contributed by atoms with Crippen LogP contribution in [0.2, 0.25) is 0 Å². The molecule has 23 heavy (non-hydrogen) atoms. The van der Waals surface area contributed by atoms with Crippen LogP contribution in [0.4, 0.5) is 4.39 Å². The number of aryl methyl sites for hydroxylation is 1. The Morgan fingerprint density at radius 3 is 2.57 bits per heavy atom. The summed E-state index contributed by atoms with van der Waals surface area (Å²) in [7, 11) is 1.89. The quantitative estimate of drug-likeness (QED) is 0.940. The van der Waals surface area contributed by atoms with Gasteiger partial charge in [-0.25, -0.2) is 9.37 Å². The molecule has 0 bridgehead atoms. The first kappa shape index (κ1) is 15.7. The molecule has 1 fully saturated rings. The highest BCUT2D eigenvalue weighted by molar-refractivity contribution is 5.79. The molecule has 4 nitrogen and oxygen atoms in total. The summed E-state index contributed by atoms with van der Waals surface area (Å²) in [5, 5.41) is 3.12. The molecule has 1 atom stereocenters. The first-order valence-electron chi connectivity index (χ1n) is 8.18. The second kappa shape index (κ2) is 6.94. The second-order valence-corrected chi connectivity index (χ2v) is 6.22. The summed E-state index contributed by atoms with van der Waals surface area (Å²) in [6.45, 7) is 0. The molecular formula is C18H22FN3O. The lowest BCUT2D eigenvalue weighted by atomic mass is 9.88. The molecule has 0 spiro atoms. The molecule has 0 aliphatic heterocycles. The van der Waals surface area contributed by atoms with Gasteiger partial charge in [0.1, 0.15) is 17.7 Å². The lowest BCUT2D eigenvalue weighted by molar-refractivity contribution is -0.126. The zero-order valence-electron chi connectivity index (χ0n) is 13.3. The minimum atomic E-state index is -0.356. The topological polar surface area (TPSA) is 46.9 Å². The highest BCUT2D eigenvalue weighted by Crippen LogP contribution is 2.26. The number of hydrogen-bond donors (Lipinski definition) is 1. The molecule has 122 valence electrons. The predicted molar refractivity (Wildman–Crippen MR) is 86.2 cm³/mol. The molecule has 1 amide bonds. The summed E-state index contributed by atoms with van der Waals surface area (Å²) in [6, 6.07) is 5.88. The van der Waals surface area contributed by atoms with Crippen molar-refractivity contribution < 1.29 is 9.18 Å². The van der Waals surface area contributed by atoms with Crippen molar-refractivity contribution in [2.45, 2.75) is 38.1 Å². The van der Waals surface area contributed by atoms with Gasteiger partial charge in [0.05, 0.1) is 0 Å². The average molecular weight is 315 g/mol. The highest BCUT2D eigenvalue weighted by Gasteiger charge is 2.26. The molecule has 5 heteroatoms. The summed E-state index contributed by atoms with van der Waals surface area (Å²) in [6.07, 6.45) is 8.89. The number of nitrogens with one attached hydrogen (secondary N) is 1. The molecule has 1 aromatic carbocycles. The van der Waals surface area contributed by atoms with Gasteiger partial charge in [-0.2, -0.15) is 0 Å². The number of imidazole rings is 1. The maximum atomic E-state index is 13.2. The van der Waals surface area contributed by atoms with Gasteiger partial charge < -0.3 is 9.88 Å². The summed E-state index contributed by atoms with van der Waals surface area (Å²) in [5.41, 5.74) is 0.838. The van der Waals surface area contributed by atoms with Crippen molar-refractivity contribution in [3.63, 3.8) is 0 Å². The van der Waals surface area contributed by atoms with Crippen molar-refractivity contribution in [1.82, 2.24) is 14.9 Å². The van der Waals surface area contributed by atoms with Gasteiger partial charge in [-0.3, -0.25) is 4.79 Å². The Hall–Kier alpha value is -2.17. The Kier molecular flexibility index (Phi) is 4.74. The van der Waals surface area contributed by atoms with Crippen LogP contribution in [0.15, 0.2) is 36.7 Å². The zero-order chi connectivity index (χ0) is 16.2. The Morgan fingerprint density at radius 2 is 1.96 bits per heavy atom. The monoisotopic (exact) mass is 315 g/mol. The van der Waals surface area contributed by atoms with E-state index in [2.05, 4.69) is 10.3 Å². The van der Waals surface area contributed by atoms with E-state index in [0.717, 1.165) is 37.1 Å². The molecule has 0 radical (unpaired) electrons. The fourth-order valence-electron chi connectivity index (χ4n) is 3.23. The molecule has 1 aromatic heterocycles. The van der Waals surface area contributed by atoms with Crippen molar-refractivity contribution in [3.8, 4) is 0 Å². The smallest absolute Gasteiger partial charge is 0.223 e. The van der Waals surface area contributed by atoms with Crippen LogP contribution in [0.1, 0.15) is 49.5 Å². The van der Waals surface area contributed by atoms with Crippen LogP contribution in [-0.2, 0) is 11.8 Å². The van der Waals surface area contributed by atoms with E-state index in [1.165, 1.54) is 18.6 Å². The van der Waals surface area contributed by atoms with Gasteiger partial charge in [-0.1, -0.05) is 31.4 Å². The van der Waals surface area contributed by atoms with Crippen LogP contribution in [0, 0.1) is 11.7 Å². The molecule has 1 aliphatic rings. The number of nitrogens with zero attached hydrogens (tertiary/aromatic N) is 2. The molecule has 0 saturated heterocycles. The lowest BCUT2D eigenvalue weighted by Gasteiger charge is -2.25. The Morgan fingerprint density at radius 1 is 1.26 bits per heavy atom. The summed E-state index contributed by atoms with van der Waals surface area (Å²) < 4.78 is 15.1.